The van der Waals surface area contributed by atoms with Crippen molar-refractivity contribution in [3.05, 3.63) is 0 Å². The normalized spacial score (nSPS) is 24.0. The summed E-state index contributed by atoms with van der Waals surface area (Å²) in [7, 11) is 0. The van der Waals surface area contributed by atoms with Gasteiger partial charge in [-0.25, -0.2) is 0 Å². The Hall–Kier alpha value is 0. The van der Waals surface area contributed by atoms with Crippen molar-refractivity contribution in [3.63, 3.8) is 0 Å². The Labute approximate surface area is 122 Å². The van der Waals surface area contributed by atoms with Crippen LogP contribution < -0.4 is 0 Å². The molecule has 19 heavy (non-hydrogen) atoms. The molecule has 114 valence electrons. The predicted molar refractivity (Wildman–Crippen MR) is 87.7 cm³/mol. The lowest BCUT2D eigenvalue weighted by atomic mass is 10.0. The van der Waals surface area contributed by atoms with Crippen LogP contribution in [0.4, 0.5) is 0 Å². The molecule has 0 aliphatic heterocycles. The van der Waals surface area contributed by atoms with Crippen LogP contribution in [0.3, 0.4) is 0 Å². The molecular formula is C19H38. The third-order valence-electron chi connectivity index (χ3n) is 4.35. The van der Waals surface area contributed by atoms with Gasteiger partial charge in [-0.3, -0.25) is 0 Å². The molecule has 3 fully saturated rings. The van der Waals surface area contributed by atoms with Crippen LogP contribution in [-0.4, -0.2) is 0 Å². The van der Waals surface area contributed by atoms with Gasteiger partial charge in [0, 0.05) is 0 Å². The van der Waals surface area contributed by atoms with Crippen LogP contribution in [0.2, 0.25) is 0 Å². The van der Waals surface area contributed by atoms with E-state index in [1.807, 2.05) is 0 Å². The summed E-state index contributed by atoms with van der Waals surface area (Å²) in [6.07, 6.45) is 28.5. The minimum absolute atomic E-state index is 1.50. The molecule has 3 aliphatic carbocycles. The van der Waals surface area contributed by atoms with Gasteiger partial charge in [0.1, 0.15) is 0 Å². The lowest BCUT2D eigenvalue weighted by Crippen LogP contribution is -1.85. The Balaban J connectivity index is 0.000000167. The molecule has 0 atom stereocenters. The molecule has 3 aliphatic rings. The van der Waals surface area contributed by atoms with Crippen LogP contribution in [-0.2, 0) is 0 Å². The van der Waals surface area contributed by atoms with Crippen molar-refractivity contribution < 1.29 is 0 Å². The predicted octanol–water partition coefficient (Wildman–Crippen LogP) is 7.41. The highest BCUT2D eigenvalue weighted by molar-refractivity contribution is 4.52. The maximum absolute atomic E-state index is 1.50. The molecule has 0 heterocycles. The molecule has 0 amide bonds. The molecule has 0 N–H and O–H groups in total. The van der Waals surface area contributed by atoms with Gasteiger partial charge in [-0.1, -0.05) is 122 Å². The SMILES string of the molecule is C1CC1.C1CCCCC1.C1CCCCCCCCC1. The first-order valence-corrected chi connectivity index (χ1v) is 9.50. The summed E-state index contributed by atoms with van der Waals surface area (Å²) in [5.41, 5.74) is 0. The fourth-order valence-corrected chi connectivity index (χ4v) is 2.83. The van der Waals surface area contributed by atoms with E-state index in [1.165, 1.54) is 122 Å². The van der Waals surface area contributed by atoms with Crippen LogP contribution in [0.1, 0.15) is 122 Å². The van der Waals surface area contributed by atoms with E-state index in [0.717, 1.165) is 0 Å². The van der Waals surface area contributed by atoms with Crippen molar-refractivity contribution in [1.82, 2.24) is 0 Å². The molecule has 0 unspecified atom stereocenters. The van der Waals surface area contributed by atoms with E-state index in [4.69, 9.17) is 0 Å². The van der Waals surface area contributed by atoms with E-state index < -0.39 is 0 Å². The van der Waals surface area contributed by atoms with Crippen LogP contribution in [0.5, 0.6) is 0 Å². The lowest BCUT2D eigenvalue weighted by molar-refractivity contribution is 0.504. The van der Waals surface area contributed by atoms with Gasteiger partial charge in [0.25, 0.3) is 0 Å². The average Bonchev–Trinajstić information content (AvgIpc) is 3.36. The largest absolute Gasteiger partial charge is 0.0533 e. The topological polar surface area (TPSA) is 0 Å². The third kappa shape index (κ3) is 15.9. The van der Waals surface area contributed by atoms with Crippen LogP contribution in [0, 0.1) is 0 Å². The summed E-state index contributed by atoms with van der Waals surface area (Å²) in [5, 5.41) is 0. The van der Waals surface area contributed by atoms with Gasteiger partial charge in [0.05, 0.1) is 0 Å². The van der Waals surface area contributed by atoms with E-state index in [2.05, 4.69) is 0 Å². The molecule has 0 aromatic heterocycles. The van der Waals surface area contributed by atoms with E-state index in [1.54, 1.807) is 0 Å². The fourth-order valence-electron chi connectivity index (χ4n) is 2.83. The first kappa shape index (κ1) is 17.1. The Morgan fingerprint density at radius 1 is 0.105 bits per heavy atom. The van der Waals surface area contributed by atoms with Crippen LogP contribution >= 0.6 is 0 Å². The summed E-state index contributed by atoms with van der Waals surface area (Å²) in [6.45, 7) is 0. The van der Waals surface area contributed by atoms with Crippen molar-refractivity contribution in [2.45, 2.75) is 122 Å². The minimum atomic E-state index is 1.50. The second kappa shape index (κ2) is 14.4. The molecule has 0 nitrogen and oxygen atoms in total. The molecular weight excluding hydrogens is 228 g/mol. The molecule has 0 bridgehead atoms. The zero-order chi connectivity index (χ0) is 13.4. The Morgan fingerprint density at radius 3 is 0.211 bits per heavy atom. The number of hydrogen-bond acceptors (Lipinski definition) is 0. The number of rotatable bonds is 0. The molecule has 0 spiro atoms. The second-order valence-corrected chi connectivity index (χ2v) is 6.72. The highest BCUT2D eigenvalue weighted by atomic mass is 14.0. The Kier molecular flexibility index (Phi) is 12.9. The van der Waals surface area contributed by atoms with Gasteiger partial charge < -0.3 is 0 Å². The van der Waals surface area contributed by atoms with Gasteiger partial charge in [-0.05, 0) is 0 Å². The third-order valence-corrected chi connectivity index (χ3v) is 4.35. The summed E-state index contributed by atoms with van der Waals surface area (Å²) in [5.74, 6) is 0. The van der Waals surface area contributed by atoms with Gasteiger partial charge in [-0.2, -0.15) is 0 Å². The Bertz CT molecular complexity index is 108. The van der Waals surface area contributed by atoms with Crippen molar-refractivity contribution >= 4 is 0 Å². The number of hydrogen-bond donors (Lipinski definition) is 0. The smallest absolute Gasteiger partial charge is 0.0533 e. The highest BCUT2D eigenvalue weighted by Crippen LogP contribution is 2.16. The Morgan fingerprint density at radius 2 is 0.158 bits per heavy atom. The molecule has 0 aromatic carbocycles. The molecule has 0 radical (unpaired) electrons. The second-order valence-electron chi connectivity index (χ2n) is 6.72. The van der Waals surface area contributed by atoms with E-state index >= 15 is 0 Å². The van der Waals surface area contributed by atoms with Crippen LogP contribution in [0.25, 0.3) is 0 Å². The zero-order valence-corrected chi connectivity index (χ0v) is 13.4. The lowest BCUT2D eigenvalue weighted by Gasteiger charge is -2.05. The van der Waals surface area contributed by atoms with E-state index in [9.17, 15) is 0 Å². The minimum Gasteiger partial charge on any atom is -0.0533 e. The van der Waals surface area contributed by atoms with Crippen molar-refractivity contribution in [2.75, 3.05) is 0 Å². The highest BCUT2D eigenvalue weighted by Gasteiger charge is 1.96. The zero-order valence-electron chi connectivity index (χ0n) is 13.4. The molecule has 3 saturated carbocycles. The molecule has 3 rings (SSSR count). The average molecular weight is 267 g/mol. The quantitative estimate of drug-likeness (QED) is 0.428. The summed E-state index contributed by atoms with van der Waals surface area (Å²) < 4.78 is 0. The fraction of sp³-hybridized carbons (Fsp3) is 1.00. The van der Waals surface area contributed by atoms with Gasteiger partial charge in [0.15, 0.2) is 0 Å². The standard InChI is InChI=1S/C10H20.C6H12.C3H6/c1-2-4-6-8-10-9-7-5-3-1;1-2-4-6-5-3-1;1-2-3-1/h1-10H2;1-6H2;1-3H2. The van der Waals surface area contributed by atoms with Crippen molar-refractivity contribution in [2.24, 2.45) is 0 Å². The maximum Gasteiger partial charge on any atom is -0.0533 e. The summed E-state index contributed by atoms with van der Waals surface area (Å²) in [6, 6.07) is 0. The van der Waals surface area contributed by atoms with Gasteiger partial charge in [-0.15, -0.1) is 0 Å². The van der Waals surface area contributed by atoms with Gasteiger partial charge >= 0.3 is 0 Å². The molecule has 0 saturated heterocycles. The summed E-state index contributed by atoms with van der Waals surface area (Å²) >= 11 is 0. The van der Waals surface area contributed by atoms with Crippen LogP contribution in [0.15, 0.2) is 0 Å². The van der Waals surface area contributed by atoms with E-state index in [0.29, 0.717) is 0 Å². The molecule has 0 aromatic rings. The van der Waals surface area contributed by atoms with E-state index in [-0.39, 0.29) is 0 Å². The first-order chi connectivity index (χ1) is 9.50. The van der Waals surface area contributed by atoms with Gasteiger partial charge in [0.2, 0.25) is 0 Å². The molecule has 0 heteroatoms. The monoisotopic (exact) mass is 266 g/mol. The maximum atomic E-state index is 1.50. The van der Waals surface area contributed by atoms with Crippen molar-refractivity contribution in [3.8, 4) is 0 Å². The summed E-state index contributed by atoms with van der Waals surface area (Å²) in [4.78, 5) is 0. The van der Waals surface area contributed by atoms with Crippen molar-refractivity contribution in [1.29, 1.82) is 0 Å². The first-order valence-electron chi connectivity index (χ1n) is 9.50.